The third-order valence-electron chi connectivity index (χ3n) is 4.28. The molecule has 0 aliphatic carbocycles. The molecule has 3 rings (SSSR count). The second kappa shape index (κ2) is 7.82. The Kier molecular flexibility index (Phi) is 5.48. The minimum atomic E-state index is -1.52. The number of aromatic nitrogens is 1. The van der Waals surface area contributed by atoms with Gasteiger partial charge in [-0.2, -0.15) is 0 Å². The first-order valence-electron chi connectivity index (χ1n) is 8.33. The Morgan fingerprint density at radius 2 is 1.52 bits per heavy atom. The fraction of sp³-hybridized carbons (Fsp3) is 0.143. The average molecular weight is 381 g/mol. The van der Waals surface area contributed by atoms with E-state index in [1.807, 2.05) is 6.07 Å². The number of benzene rings is 2. The van der Waals surface area contributed by atoms with Crippen LogP contribution in [0.2, 0.25) is 0 Å². The van der Waals surface area contributed by atoms with Crippen LogP contribution in [0.5, 0.6) is 0 Å². The summed E-state index contributed by atoms with van der Waals surface area (Å²) in [6.45, 7) is 3.44. The van der Waals surface area contributed by atoms with E-state index in [1.165, 1.54) is 7.11 Å². The van der Waals surface area contributed by atoms with E-state index in [-0.39, 0.29) is 16.9 Å². The molecule has 0 saturated heterocycles. The fourth-order valence-corrected chi connectivity index (χ4v) is 4.26. The van der Waals surface area contributed by atoms with E-state index >= 15 is 0 Å². The van der Waals surface area contributed by atoms with E-state index in [4.69, 9.17) is 4.74 Å². The molecule has 27 heavy (non-hydrogen) atoms. The molecular formula is C21H19NO4S. The quantitative estimate of drug-likeness (QED) is 0.414. The number of aromatic amines is 1. The van der Waals surface area contributed by atoms with Gasteiger partial charge in [-0.3, -0.25) is 4.79 Å². The van der Waals surface area contributed by atoms with Gasteiger partial charge in [-0.25, -0.2) is 4.79 Å². The molecule has 0 saturated carbocycles. The summed E-state index contributed by atoms with van der Waals surface area (Å²) in [5.74, 6) is -0.945. The maximum atomic E-state index is 13.3. The molecule has 0 fully saturated rings. The highest BCUT2D eigenvalue weighted by Gasteiger charge is 2.30. The molecule has 1 aromatic heterocycles. The normalized spacial score (nSPS) is 11.9. The molecule has 138 valence electrons. The summed E-state index contributed by atoms with van der Waals surface area (Å²) in [5, 5.41) is 0. The number of methoxy groups -OCH3 is 1. The largest absolute Gasteiger partial charge is 0.606 e. The lowest BCUT2D eigenvalue weighted by molar-refractivity contribution is 0.0597. The summed E-state index contributed by atoms with van der Waals surface area (Å²) in [6, 6.07) is 15.7. The van der Waals surface area contributed by atoms with E-state index in [1.54, 1.807) is 62.4 Å². The van der Waals surface area contributed by atoms with Gasteiger partial charge < -0.3 is 14.3 Å². The van der Waals surface area contributed by atoms with Crippen LogP contribution in [0.1, 0.15) is 37.7 Å². The predicted octanol–water partition coefficient (Wildman–Crippen LogP) is 3.82. The van der Waals surface area contributed by atoms with Crippen LogP contribution in [0.4, 0.5) is 0 Å². The molecule has 1 unspecified atom stereocenters. The van der Waals surface area contributed by atoms with Crippen LogP contribution in [0.15, 0.2) is 64.4 Å². The summed E-state index contributed by atoms with van der Waals surface area (Å²) in [4.78, 5) is 29.5. The zero-order valence-electron chi connectivity index (χ0n) is 15.2. The standard InChI is InChI=1S/C21H19NO4S/c1-13-18(19(14(2)22-13)21(24)26-3)20(23)16-11-7-8-12-17(16)27(25)15-9-5-4-6-10-15/h4-12,22H,1-3H3. The third kappa shape index (κ3) is 3.54. The fourth-order valence-electron chi connectivity index (χ4n) is 3.04. The summed E-state index contributed by atoms with van der Waals surface area (Å²) in [5.41, 5.74) is 1.88. The lowest BCUT2D eigenvalue weighted by Gasteiger charge is -2.13. The van der Waals surface area contributed by atoms with Gasteiger partial charge in [0.15, 0.2) is 9.79 Å². The maximum absolute atomic E-state index is 13.3. The van der Waals surface area contributed by atoms with Crippen LogP contribution in [-0.2, 0) is 15.9 Å². The Morgan fingerprint density at radius 1 is 0.926 bits per heavy atom. The molecule has 1 N–H and O–H groups in total. The van der Waals surface area contributed by atoms with Gasteiger partial charge in [0.1, 0.15) is 0 Å². The number of H-pyrrole nitrogens is 1. The van der Waals surface area contributed by atoms with E-state index in [0.29, 0.717) is 26.7 Å². The number of hydrogen-bond acceptors (Lipinski definition) is 4. The van der Waals surface area contributed by atoms with Gasteiger partial charge in [0.25, 0.3) is 0 Å². The minimum Gasteiger partial charge on any atom is -0.606 e. The van der Waals surface area contributed by atoms with Gasteiger partial charge in [-0.1, -0.05) is 30.3 Å². The van der Waals surface area contributed by atoms with Crippen LogP contribution >= 0.6 is 0 Å². The Hall–Kier alpha value is -2.83. The molecule has 2 aromatic carbocycles. The molecule has 1 heterocycles. The number of ketones is 1. The Morgan fingerprint density at radius 3 is 2.19 bits per heavy atom. The second-order valence-electron chi connectivity index (χ2n) is 6.02. The molecule has 0 radical (unpaired) electrons. The first kappa shape index (κ1) is 18.9. The summed E-state index contributed by atoms with van der Waals surface area (Å²) in [6.07, 6.45) is 0. The monoisotopic (exact) mass is 381 g/mol. The number of rotatable bonds is 5. The van der Waals surface area contributed by atoms with Gasteiger partial charge in [-0.05, 0) is 38.1 Å². The van der Waals surface area contributed by atoms with Gasteiger partial charge in [-0.15, -0.1) is 0 Å². The van der Waals surface area contributed by atoms with E-state index in [2.05, 4.69) is 4.98 Å². The molecule has 1 atom stereocenters. The molecule has 0 aliphatic rings. The number of esters is 1. The number of nitrogens with one attached hydrogen (secondary N) is 1. The molecule has 0 aliphatic heterocycles. The number of carbonyl (C=O) groups excluding carboxylic acids is 2. The van der Waals surface area contributed by atoms with Crippen LogP contribution in [0, 0.1) is 13.8 Å². The first-order chi connectivity index (χ1) is 13.0. The molecule has 5 nitrogen and oxygen atoms in total. The number of ether oxygens (including phenoxy) is 1. The van der Waals surface area contributed by atoms with E-state index in [0.717, 1.165) is 0 Å². The number of hydrogen-bond donors (Lipinski definition) is 1. The zero-order valence-corrected chi connectivity index (χ0v) is 16.1. The zero-order chi connectivity index (χ0) is 19.6. The summed E-state index contributed by atoms with van der Waals surface area (Å²) < 4.78 is 17.9. The van der Waals surface area contributed by atoms with Crippen molar-refractivity contribution in [3.8, 4) is 0 Å². The van der Waals surface area contributed by atoms with E-state index < -0.39 is 17.1 Å². The predicted molar refractivity (Wildman–Crippen MR) is 103 cm³/mol. The van der Waals surface area contributed by atoms with Crippen molar-refractivity contribution in [1.82, 2.24) is 4.98 Å². The Bertz CT molecular complexity index is 995. The molecule has 3 aromatic rings. The smallest absolute Gasteiger partial charge is 0.340 e. The Labute approximate surface area is 160 Å². The molecule has 0 spiro atoms. The molecule has 6 heteroatoms. The highest BCUT2D eigenvalue weighted by molar-refractivity contribution is 7.91. The SMILES string of the molecule is COC(=O)c1c(C)[nH]c(C)c1C(=O)c1ccccc1[S+]([O-])c1ccccc1. The van der Waals surface area contributed by atoms with Crippen molar-refractivity contribution >= 4 is 22.9 Å². The first-order valence-corrected chi connectivity index (χ1v) is 9.48. The van der Waals surface area contributed by atoms with Crippen molar-refractivity contribution in [1.29, 1.82) is 0 Å². The van der Waals surface area contributed by atoms with Crippen molar-refractivity contribution in [2.45, 2.75) is 23.6 Å². The number of aryl methyl sites for hydroxylation is 2. The molecule has 0 bridgehead atoms. The van der Waals surface area contributed by atoms with Crippen molar-refractivity contribution in [2.75, 3.05) is 7.11 Å². The highest BCUT2D eigenvalue weighted by Crippen LogP contribution is 2.29. The van der Waals surface area contributed by atoms with Gasteiger partial charge in [0.05, 0.1) is 23.8 Å². The van der Waals surface area contributed by atoms with Gasteiger partial charge in [0, 0.05) is 22.6 Å². The molecule has 0 amide bonds. The van der Waals surface area contributed by atoms with Crippen molar-refractivity contribution in [3.63, 3.8) is 0 Å². The maximum Gasteiger partial charge on any atom is 0.340 e. The van der Waals surface area contributed by atoms with Crippen molar-refractivity contribution in [3.05, 3.63) is 82.7 Å². The number of carbonyl (C=O) groups is 2. The van der Waals surface area contributed by atoms with Gasteiger partial charge >= 0.3 is 5.97 Å². The summed E-state index contributed by atoms with van der Waals surface area (Å²) in [7, 11) is 1.27. The topological polar surface area (TPSA) is 82.2 Å². The average Bonchev–Trinajstić information content (AvgIpc) is 3.00. The lowest BCUT2D eigenvalue weighted by Crippen LogP contribution is -2.15. The van der Waals surface area contributed by atoms with Crippen LogP contribution < -0.4 is 0 Å². The Balaban J connectivity index is 2.12. The van der Waals surface area contributed by atoms with E-state index in [9.17, 15) is 14.1 Å². The minimum absolute atomic E-state index is 0.209. The van der Waals surface area contributed by atoms with Crippen LogP contribution in [0.3, 0.4) is 0 Å². The third-order valence-corrected chi connectivity index (χ3v) is 5.74. The second-order valence-corrected chi connectivity index (χ2v) is 7.47. The van der Waals surface area contributed by atoms with Crippen LogP contribution in [0.25, 0.3) is 0 Å². The molecular weight excluding hydrogens is 362 g/mol. The van der Waals surface area contributed by atoms with Crippen molar-refractivity contribution < 1.29 is 18.9 Å². The highest BCUT2D eigenvalue weighted by atomic mass is 32.2. The lowest BCUT2D eigenvalue weighted by atomic mass is 9.99. The van der Waals surface area contributed by atoms with Crippen LogP contribution in [-0.4, -0.2) is 28.4 Å². The van der Waals surface area contributed by atoms with Gasteiger partial charge in [0.2, 0.25) is 5.78 Å². The van der Waals surface area contributed by atoms with Crippen molar-refractivity contribution in [2.24, 2.45) is 0 Å². The summed E-state index contributed by atoms with van der Waals surface area (Å²) >= 11 is -1.52.